The normalized spacial score (nSPS) is 24.8. The molecule has 3 aromatic carbocycles. The summed E-state index contributed by atoms with van der Waals surface area (Å²) in [7, 11) is 1.59. The summed E-state index contributed by atoms with van der Waals surface area (Å²) in [5.74, 6) is 0.428. The van der Waals surface area contributed by atoms with Crippen LogP contribution in [0.2, 0.25) is 0 Å². The minimum Gasteiger partial charge on any atom is -0.497 e. The molecule has 0 saturated heterocycles. The first-order valence-corrected chi connectivity index (χ1v) is 14.1. The third kappa shape index (κ3) is 4.44. The molecule has 0 aromatic heterocycles. The van der Waals surface area contributed by atoms with Gasteiger partial charge >= 0.3 is 0 Å². The quantitative estimate of drug-likeness (QED) is 0.288. The van der Waals surface area contributed by atoms with Gasteiger partial charge < -0.3 is 14.3 Å². The summed E-state index contributed by atoms with van der Waals surface area (Å²) in [6, 6.07) is 14.6. The molecule has 204 valence electrons. The third-order valence-corrected chi connectivity index (χ3v) is 9.66. The fourth-order valence-corrected chi connectivity index (χ4v) is 7.40. The molecule has 0 bridgehead atoms. The van der Waals surface area contributed by atoms with Gasteiger partial charge in [-0.1, -0.05) is 44.5 Å². The third-order valence-electron chi connectivity index (χ3n) is 9.66. The second kappa shape index (κ2) is 9.76. The zero-order chi connectivity index (χ0) is 27.4. The van der Waals surface area contributed by atoms with Gasteiger partial charge in [0.2, 0.25) is 0 Å². The lowest BCUT2D eigenvalue weighted by Gasteiger charge is -2.30. The van der Waals surface area contributed by atoms with Crippen LogP contribution in [0, 0.1) is 23.0 Å². The molecule has 0 amide bonds. The number of hydrogen-bond donors (Lipinski definition) is 0. The topological polar surface area (TPSA) is 35.5 Å². The van der Waals surface area contributed by atoms with E-state index in [0.29, 0.717) is 16.9 Å². The average Bonchev–Trinajstić information content (AvgIpc) is 3.50. The lowest BCUT2D eigenvalue weighted by molar-refractivity contribution is -0.109. The van der Waals surface area contributed by atoms with E-state index in [9.17, 15) is 4.79 Å². The van der Waals surface area contributed by atoms with Gasteiger partial charge in [-0.15, -0.1) is 0 Å². The smallest absolute Gasteiger partial charge is 0.169 e. The first-order chi connectivity index (χ1) is 18.8. The van der Waals surface area contributed by atoms with Gasteiger partial charge in [0, 0.05) is 22.5 Å². The van der Waals surface area contributed by atoms with E-state index in [1.54, 1.807) is 25.3 Å². The highest BCUT2D eigenvalue weighted by atomic mass is 19.1. The monoisotopic (exact) mass is 530 g/mol. The molecule has 39 heavy (non-hydrogen) atoms. The van der Waals surface area contributed by atoms with Gasteiger partial charge in [0.25, 0.3) is 0 Å². The van der Waals surface area contributed by atoms with Crippen molar-refractivity contribution in [1.29, 1.82) is 0 Å². The van der Waals surface area contributed by atoms with E-state index in [4.69, 9.17) is 9.47 Å². The molecule has 3 aliphatic carbocycles. The summed E-state index contributed by atoms with van der Waals surface area (Å²) >= 11 is 0. The van der Waals surface area contributed by atoms with Crippen molar-refractivity contribution in [2.45, 2.75) is 76.7 Å². The number of carbonyl (C=O) groups excluding carboxylic acids is 1. The number of carbonyl (C=O) groups is 1. The standard InChI is InChI=1S/C34H36F2O3/c1-33(2)14-5-7-28(33)26-16-21(8-11-25(26)27-17-24(38-3)10-12-29(27)35)20-39-30-13-9-22-6-4-15-34(18-23(34)19-37)31(22)32(30)36/h8-13,16-17,19,23,28H,4-7,14-15,18,20H2,1-3H3/t23-,28+,34+/m0/s1. The summed E-state index contributed by atoms with van der Waals surface area (Å²) < 4.78 is 42.4. The van der Waals surface area contributed by atoms with Gasteiger partial charge in [-0.3, -0.25) is 0 Å². The Bertz CT molecular complexity index is 1430. The summed E-state index contributed by atoms with van der Waals surface area (Å²) in [5.41, 5.74) is 4.85. The number of benzene rings is 3. The molecule has 0 radical (unpaired) electrons. The molecular formula is C34H36F2O3. The van der Waals surface area contributed by atoms with Crippen LogP contribution in [0.5, 0.6) is 11.5 Å². The SMILES string of the molecule is COc1ccc(F)c(-c2ccc(COc3ccc4c(c3F)[C@]3(CCC4)C[C@H]3C=O)cc2[C@H]2CCCC2(C)C)c1. The minimum atomic E-state index is -0.345. The molecule has 3 atom stereocenters. The number of rotatable bonds is 7. The summed E-state index contributed by atoms with van der Waals surface area (Å²) in [5, 5.41) is 0. The second-order valence-corrected chi connectivity index (χ2v) is 12.4. The van der Waals surface area contributed by atoms with Crippen LogP contribution in [0.3, 0.4) is 0 Å². The highest BCUT2D eigenvalue weighted by molar-refractivity contribution is 5.71. The van der Waals surface area contributed by atoms with Crippen LogP contribution in [-0.4, -0.2) is 13.4 Å². The van der Waals surface area contributed by atoms with Crippen molar-refractivity contribution < 1.29 is 23.0 Å². The Labute approximate surface area is 229 Å². The van der Waals surface area contributed by atoms with Gasteiger partial charge in [0.05, 0.1) is 7.11 Å². The van der Waals surface area contributed by atoms with Crippen LogP contribution in [0.25, 0.3) is 11.1 Å². The van der Waals surface area contributed by atoms with Crippen molar-refractivity contribution in [3.05, 3.63) is 82.4 Å². The van der Waals surface area contributed by atoms with Crippen molar-refractivity contribution in [2.24, 2.45) is 11.3 Å². The average molecular weight is 531 g/mol. The number of aldehydes is 1. The first kappa shape index (κ1) is 26.0. The molecule has 2 fully saturated rings. The molecule has 0 unspecified atom stereocenters. The summed E-state index contributed by atoms with van der Waals surface area (Å²) in [6.07, 6.45) is 7.67. The van der Waals surface area contributed by atoms with E-state index in [2.05, 4.69) is 19.9 Å². The molecule has 0 N–H and O–H groups in total. The molecular weight excluding hydrogens is 494 g/mol. The Hall–Kier alpha value is -3.21. The summed E-state index contributed by atoms with van der Waals surface area (Å²) in [6.45, 7) is 4.77. The van der Waals surface area contributed by atoms with Gasteiger partial charge in [-0.05, 0) is 96.4 Å². The lowest BCUT2D eigenvalue weighted by Crippen LogP contribution is -2.21. The van der Waals surface area contributed by atoms with Crippen molar-refractivity contribution in [2.75, 3.05) is 7.11 Å². The number of hydrogen-bond acceptors (Lipinski definition) is 3. The van der Waals surface area contributed by atoms with Crippen LogP contribution in [0.1, 0.15) is 80.5 Å². The van der Waals surface area contributed by atoms with Gasteiger partial charge in [0.1, 0.15) is 24.5 Å². The Morgan fingerprint density at radius 1 is 1.00 bits per heavy atom. The van der Waals surface area contributed by atoms with Gasteiger partial charge in [0.15, 0.2) is 11.6 Å². The number of aryl methyl sites for hydroxylation is 1. The molecule has 3 aromatic rings. The number of fused-ring (bicyclic) bond motifs is 2. The van der Waals surface area contributed by atoms with E-state index in [1.807, 2.05) is 18.2 Å². The lowest BCUT2D eigenvalue weighted by atomic mass is 9.75. The van der Waals surface area contributed by atoms with Gasteiger partial charge in [-0.2, -0.15) is 0 Å². The number of ether oxygens (including phenoxy) is 2. The molecule has 0 aliphatic heterocycles. The van der Waals surface area contributed by atoms with Crippen LogP contribution in [-0.2, 0) is 23.2 Å². The maximum atomic E-state index is 15.8. The van der Waals surface area contributed by atoms with E-state index in [0.717, 1.165) is 73.5 Å². The van der Waals surface area contributed by atoms with E-state index >= 15 is 8.78 Å². The Balaban J connectivity index is 1.34. The Morgan fingerprint density at radius 3 is 2.56 bits per heavy atom. The number of halogens is 2. The molecule has 6 rings (SSSR count). The molecule has 2 saturated carbocycles. The van der Waals surface area contributed by atoms with Crippen molar-refractivity contribution in [3.63, 3.8) is 0 Å². The number of methoxy groups -OCH3 is 1. The Kier molecular flexibility index (Phi) is 6.52. The molecule has 1 spiro atoms. The molecule has 0 heterocycles. The van der Waals surface area contributed by atoms with Gasteiger partial charge in [-0.25, -0.2) is 8.78 Å². The van der Waals surface area contributed by atoms with Crippen molar-refractivity contribution >= 4 is 6.29 Å². The van der Waals surface area contributed by atoms with Crippen LogP contribution in [0.15, 0.2) is 48.5 Å². The Morgan fingerprint density at radius 2 is 1.85 bits per heavy atom. The first-order valence-electron chi connectivity index (χ1n) is 14.1. The van der Waals surface area contributed by atoms with E-state index in [1.165, 1.54) is 6.07 Å². The van der Waals surface area contributed by atoms with E-state index < -0.39 is 0 Å². The predicted octanol–water partition coefficient (Wildman–Crippen LogP) is 8.31. The zero-order valence-corrected chi connectivity index (χ0v) is 23.0. The van der Waals surface area contributed by atoms with Crippen LogP contribution in [0.4, 0.5) is 8.78 Å². The highest BCUT2D eigenvalue weighted by Crippen LogP contribution is 2.60. The maximum Gasteiger partial charge on any atom is 0.169 e. The molecule has 3 nitrogen and oxygen atoms in total. The second-order valence-electron chi connectivity index (χ2n) is 12.4. The fraction of sp³-hybridized carbons (Fsp3) is 0.441. The zero-order valence-electron chi connectivity index (χ0n) is 23.0. The molecule has 3 aliphatic rings. The van der Waals surface area contributed by atoms with Crippen LogP contribution >= 0.6 is 0 Å². The van der Waals surface area contributed by atoms with Crippen molar-refractivity contribution in [1.82, 2.24) is 0 Å². The highest BCUT2D eigenvalue weighted by Gasteiger charge is 2.58. The predicted molar refractivity (Wildman–Crippen MR) is 148 cm³/mol. The van der Waals surface area contributed by atoms with Crippen LogP contribution < -0.4 is 9.47 Å². The molecule has 5 heteroatoms. The summed E-state index contributed by atoms with van der Waals surface area (Å²) in [4.78, 5) is 11.5. The largest absolute Gasteiger partial charge is 0.497 e. The fourth-order valence-electron chi connectivity index (χ4n) is 7.40. The maximum absolute atomic E-state index is 15.8. The van der Waals surface area contributed by atoms with E-state index in [-0.39, 0.29) is 46.7 Å². The minimum absolute atomic E-state index is 0.0852. The van der Waals surface area contributed by atoms with Crippen molar-refractivity contribution in [3.8, 4) is 22.6 Å².